The number of hydrogen-bond acceptors (Lipinski definition) is 4. The van der Waals surface area contributed by atoms with Crippen molar-refractivity contribution in [3.8, 4) is 0 Å². The topological polar surface area (TPSA) is 78.3 Å². The molecule has 0 rings (SSSR count). The Morgan fingerprint density at radius 1 is 1.75 bits per heavy atom. The van der Waals surface area contributed by atoms with Crippen LogP contribution in [0.25, 0.3) is 0 Å². The van der Waals surface area contributed by atoms with E-state index < -0.39 is 14.5 Å². The van der Waals surface area contributed by atoms with Crippen molar-refractivity contribution >= 4 is 8.69 Å². The maximum absolute atomic E-state index is 9.65. The predicted molar refractivity (Wildman–Crippen MR) is 30.0 cm³/mol. The van der Waals surface area contributed by atoms with Crippen LogP contribution in [-0.4, -0.2) is 5.85 Å². The molecule has 0 fully saturated rings. The molecule has 0 aromatic carbocycles. The van der Waals surface area contributed by atoms with Gasteiger partial charge in [-0.25, -0.2) is 4.57 Å². The van der Waals surface area contributed by atoms with Crippen LogP contribution in [0, 0.1) is 0 Å². The lowest BCUT2D eigenvalue weighted by atomic mass is 10.5. The molecule has 0 unspecified atom stereocenters. The van der Waals surface area contributed by atoms with E-state index in [2.05, 4.69) is 11.1 Å². The van der Waals surface area contributed by atoms with E-state index in [0.29, 0.717) is 0 Å². The van der Waals surface area contributed by atoms with Crippen LogP contribution >= 0.6 is 8.69 Å². The number of rotatable bonds is 3. The first-order valence-electron chi connectivity index (χ1n) is 1.84. The molecule has 0 amide bonds. The Morgan fingerprint density at radius 2 is 2.25 bits per heavy atom. The van der Waals surface area contributed by atoms with Gasteiger partial charge in [-0.05, 0) is 6.08 Å². The second kappa shape index (κ2) is 2.89. The minimum Gasteiger partial charge on any atom is -0.287 e. The van der Waals surface area contributed by atoms with Crippen LogP contribution in [0.4, 0.5) is 0 Å². The van der Waals surface area contributed by atoms with E-state index in [0.717, 1.165) is 6.08 Å². The second-order valence-corrected chi connectivity index (χ2v) is 1.56. The lowest BCUT2D eigenvalue weighted by Crippen LogP contribution is -2.47. The molecule has 0 aliphatic heterocycles. The summed E-state index contributed by atoms with van der Waals surface area (Å²) >= 11 is 0. The highest BCUT2D eigenvalue weighted by molar-refractivity contribution is 7.17. The van der Waals surface area contributed by atoms with Crippen LogP contribution in [0.5, 0.6) is 0 Å². The summed E-state index contributed by atoms with van der Waals surface area (Å²) in [5.41, 5.74) is 10.1. The normalized spacial score (nSPS) is 11.8. The number of nitrogens with two attached hydrogens (primary N) is 2. The highest BCUT2D eigenvalue weighted by Gasteiger charge is 2.13. The fraction of sp³-hybridized carbons (Fsp3) is 0.333. The largest absolute Gasteiger partial charge is 0.330 e. The quantitative estimate of drug-likeness (QED) is 0.322. The summed E-state index contributed by atoms with van der Waals surface area (Å²) in [4.78, 5) is 0. The molecule has 0 atom stereocenters. The fourth-order valence-corrected chi connectivity index (χ4v) is 0.305. The molecule has 0 bridgehead atoms. The first-order chi connectivity index (χ1) is 3.62. The summed E-state index contributed by atoms with van der Waals surface area (Å²) in [5, 5.41) is 0. The van der Waals surface area contributed by atoms with Crippen molar-refractivity contribution in [2.75, 3.05) is 0 Å². The molecule has 0 aliphatic rings. The molecule has 0 aromatic heterocycles. The zero-order valence-corrected chi connectivity index (χ0v) is 5.10. The first kappa shape index (κ1) is 7.72. The number of hydrogen-bond donors (Lipinski definition) is 2. The van der Waals surface area contributed by atoms with Gasteiger partial charge in [0.2, 0.25) is 5.85 Å². The maximum atomic E-state index is 9.65. The summed E-state index contributed by atoms with van der Waals surface area (Å²) in [5.74, 6) is -1.47. The molecular weight excluding hydrogens is 127 g/mol. The molecule has 0 aliphatic carbocycles. The Kier molecular flexibility index (Phi) is 2.79. The third-order valence-electron chi connectivity index (χ3n) is 0.514. The zero-order chi connectivity index (χ0) is 6.62. The highest BCUT2D eigenvalue weighted by Crippen LogP contribution is 2.04. The van der Waals surface area contributed by atoms with Crippen LogP contribution in [0.3, 0.4) is 0 Å². The van der Waals surface area contributed by atoms with E-state index in [1.165, 1.54) is 0 Å². The minimum absolute atomic E-state index is 0.547. The minimum atomic E-state index is -1.47. The summed E-state index contributed by atoms with van der Waals surface area (Å²) in [6.45, 7) is 3.23. The van der Waals surface area contributed by atoms with E-state index in [9.17, 15) is 4.57 Å². The summed E-state index contributed by atoms with van der Waals surface area (Å²) in [6.07, 6.45) is 1.15. The van der Waals surface area contributed by atoms with Crippen LogP contribution < -0.4 is 11.5 Å². The SMILES string of the molecule is C=CC(N)(N)OP=O. The lowest BCUT2D eigenvalue weighted by Gasteiger charge is -2.13. The van der Waals surface area contributed by atoms with Gasteiger partial charge in [0, 0.05) is 0 Å². The average molecular weight is 134 g/mol. The van der Waals surface area contributed by atoms with Crippen molar-refractivity contribution < 1.29 is 9.09 Å². The van der Waals surface area contributed by atoms with Gasteiger partial charge >= 0.3 is 8.69 Å². The van der Waals surface area contributed by atoms with Crippen molar-refractivity contribution in [2.24, 2.45) is 11.5 Å². The smallest absolute Gasteiger partial charge is 0.287 e. The van der Waals surface area contributed by atoms with Crippen molar-refractivity contribution in [2.45, 2.75) is 5.85 Å². The molecule has 0 aromatic rings. The highest BCUT2D eigenvalue weighted by atomic mass is 31.1. The molecular formula is C3H7N2O2P. The molecule has 46 valence electrons. The van der Waals surface area contributed by atoms with Crippen LogP contribution in [0.1, 0.15) is 0 Å². The van der Waals surface area contributed by atoms with E-state index >= 15 is 0 Å². The molecule has 0 heterocycles. The van der Waals surface area contributed by atoms with Gasteiger partial charge in [0.15, 0.2) is 0 Å². The van der Waals surface area contributed by atoms with Crippen molar-refractivity contribution in [3.05, 3.63) is 12.7 Å². The van der Waals surface area contributed by atoms with Gasteiger partial charge in [-0.3, -0.25) is 16.0 Å². The van der Waals surface area contributed by atoms with Crippen LogP contribution in [0.2, 0.25) is 0 Å². The third-order valence-corrected chi connectivity index (χ3v) is 0.905. The molecule has 0 spiro atoms. The fourth-order valence-electron chi connectivity index (χ4n) is 0.102. The Labute approximate surface area is 48.8 Å². The molecule has 0 saturated heterocycles. The lowest BCUT2D eigenvalue weighted by molar-refractivity contribution is 0.155. The summed E-state index contributed by atoms with van der Waals surface area (Å²) < 4.78 is 13.9. The van der Waals surface area contributed by atoms with Gasteiger partial charge in [0.25, 0.3) is 0 Å². The monoisotopic (exact) mass is 134 g/mol. The average Bonchev–Trinajstić information content (AvgIpc) is 1.67. The van der Waals surface area contributed by atoms with Gasteiger partial charge in [-0.2, -0.15) is 0 Å². The standard InChI is InChI=1S/C3H7N2O2P/c1-2-3(4,5)7-8-6/h2H,1,4-5H2. The van der Waals surface area contributed by atoms with Gasteiger partial charge < -0.3 is 0 Å². The molecule has 5 heteroatoms. The van der Waals surface area contributed by atoms with Crippen molar-refractivity contribution in [1.29, 1.82) is 0 Å². The third kappa shape index (κ3) is 2.82. The van der Waals surface area contributed by atoms with Gasteiger partial charge in [0.1, 0.15) is 0 Å². The maximum Gasteiger partial charge on any atom is 0.330 e. The molecule has 0 radical (unpaired) electrons. The first-order valence-corrected chi connectivity index (χ1v) is 2.57. The molecule has 4 nitrogen and oxygen atoms in total. The van der Waals surface area contributed by atoms with Gasteiger partial charge in [0.05, 0.1) is 0 Å². The Hall–Kier alpha value is -0.280. The Morgan fingerprint density at radius 3 is 2.38 bits per heavy atom. The second-order valence-electron chi connectivity index (χ2n) is 1.22. The van der Waals surface area contributed by atoms with E-state index in [1.807, 2.05) is 0 Å². The Bertz CT molecular complexity index is 103. The summed E-state index contributed by atoms with van der Waals surface area (Å²) in [6, 6.07) is 0. The van der Waals surface area contributed by atoms with E-state index in [1.54, 1.807) is 0 Å². The van der Waals surface area contributed by atoms with Gasteiger partial charge in [-0.1, -0.05) is 6.58 Å². The Balaban J connectivity index is 3.70. The van der Waals surface area contributed by atoms with Crippen LogP contribution in [0.15, 0.2) is 12.7 Å². The van der Waals surface area contributed by atoms with Crippen LogP contribution in [-0.2, 0) is 9.09 Å². The zero-order valence-electron chi connectivity index (χ0n) is 4.20. The van der Waals surface area contributed by atoms with E-state index in [-0.39, 0.29) is 0 Å². The molecule has 0 saturated carbocycles. The molecule has 4 N–H and O–H groups in total. The summed E-state index contributed by atoms with van der Waals surface area (Å²) in [7, 11) is -0.547. The molecule has 8 heavy (non-hydrogen) atoms. The van der Waals surface area contributed by atoms with Gasteiger partial charge in [-0.15, -0.1) is 0 Å². The van der Waals surface area contributed by atoms with Crippen molar-refractivity contribution in [3.63, 3.8) is 0 Å². The van der Waals surface area contributed by atoms with Crippen molar-refractivity contribution in [1.82, 2.24) is 0 Å². The van der Waals surface area contributed by atoms with E-state index in [4.69, 9.17) is 11.5 Å². The predicted octanol–water partition coefficient (Wildman–Crippen LogP) is -0.0331.